The maximum absolute atomic E-state index is 12.2. The standard InChI is InChI=1S/C23H25NO5/c1-16(17-7-3-2-4-8-17)13-22(26)27-15-21(25)24-18-9-10-19-20(14-18)29-23(28-19)11-5-6-12-23/h2-4,7-10,14,16H,5-6,11-13,15H2,1H3,(H,24,25)/t16-/m0/s1. The van der Waals surface area contributed by atoms with Crippen LogP contribution in [0.5, 0.6) is 11.5 Å². The van der Waals surface area contributed by atoms with Crippen LogP contribution in [0.3, 0.4) is 0 Å². The number of hydrogen-bond donors (Lipinski definition) is 1. The Labute approximate surface area is 170 Å². The van der Waals surface area contributed by atoms with Crippen LogP contribution < -0.4 is 14.8 Å². The van der Waals surface area contributed by atoms with Crippen molar-refractivity contribution in [2.24, 2.45) is 0 Å². The fourth-order valence-electron chi connectivity index (χ4n) is 3.84. The van der Waals surface area contributed by atoms with Crippen LogP contribution >= 0.6 is 0 Å². The van der Waals surface area contributed by atoms with E-state index in [4.69, 9.17) is 14.2 Å². The largest absolute Gasteiger partial charge is 0.456 e. The molecule has 0 bridgehead atoms. The molecule has 29 heavy (non-hydrogen) atoms. The number of carbonyl (C=O) groups excluding carboxylic acids is 2. The summed E-state index contributed by atoms with van der Waals surface area (Å²) in [7, 11) is 0. The van der Waals surface area contributed by atoms with Crippen molar-refractivity contribution in [3.8, 4) is 11.5 Å². The maximum Gasteiger partial charge on any atom is 0.306 e. The molecule has 6 nitrogen and oxygen atoms in total. The molecular formula is C23H25NO5. The fourth-order valence-corrected chi connectivity index (χ4v) is 3.84. The molecule has 1 amide bonds. The summed E-state index contributed by atoms with van der Waals surface area (Å²) in [5, 5.41) is 2.74. The van der Waals surface area contributed by atoms with Gasteiger partial charge in [-0.2, -0.15) is 0 Å². The van der Waals surface area contributed by atoms with E-state index >= 15 is 0 Å². The number of amides is 1. The quantitative estimate of drug-likeness (QED) is 0.734. The number of carbonyl (C=O) groups is 2. The molecule has 1 aliphatic heterocycles. The predicted octanol–water partition coefficient (Wildman–Crippen LogP) is 4.40. The van der Waals surface area contributed by atoms with Crippen molar-refractivity contribution in [2.75, 3.05) is 11.9 Å². The minimum atomic E-state index is -0.532. The molecule has 1 N–H and O–H groups in total. The predicted molar refractivity (Wildman–Crippen MR) is 108 cm³/mol. The summed E-state index contributed by atoms with van der Waals surface area (Å²) in [4.78, 5) is 24.2. The third-order valence-corrected chi connectivity index (χ3v) is 5.39. The second-order valence-corrected chi connectivity index (χ2v) is 7.71. The van der Waals surface area contributed by atoms with Gasteiger partial charge in [-0.25, -0.2) is 0 Å². The lowest BCUT2D eigenvalue weighted by molar-refractivity contribution is -0.147. The Morgan fingerprint density at radius 2 is 1.79 bits per heavy atom. The number of benzene rings is 2. The van der Waals surface area contributed by atoms with Crippen molar-refractivity contribution in [1.82, 2.24) is 0 Å². The lowest BCUT2D eigenvalue weighted by Gasteiger charge is -2.21. The first-order chi connectivity index (χ1) is 14.0. The van der Waals surface area contributed by atoms with Gasteiger partial charge in [0.2, 0.25) is 0 Å². The van der Waals surface area contributed by atoms with Gasteiger partial charge in [-0.3, -0.25) is 9.59 Å². The smallest absolute Gasteiger partial charge is 0.306 e. The van der Waals surface area contributed by atoms with Gasteiger partial charge < -0.3 is 19.5 Å². The monoisotopic (exact) mass is 395 g/mol. The van der Waals surface area contributed by atoms with Gasteiger partial charge in [-0.1, -0.05) is 37.3 Å². The first kappa shape index (κ1) is 19.3. The van der Waals surface area contributed by atoms with Crippen LogP contribution in [0.4, 0.5) is 5.69 Å². The lowest BCUT2D eigenvalue weighted by Crippen LogP contribution is -2.34. The molecule has 1 saturated carbocycles. The van der Waals surface area contributed by atoms with Crippen molar-refractivity contribution < 1.29 is 23.8 Å². The Bertz CT molecular complexity index is 889. The second-order valence-electron chi connectivity index (χ2n) is 7.71. The minimum absolute atomic E-state index is 0.0310. The summed E-state index contributed by atoms with van der Waals surface area (Å²) in [6, 6.07) is 15.1. The van der Waals surface area contributed by atoms with E-state index < -0.39 is 11.8 Å². The average Bonchev–Trinajstić information content (AvgIpc) is 3.32. The molecule has 2 aromatic rings. The van der Waals surface area contributed by atoms with Gasteiger partial charge in [0.1, 0.15) is 0 Å². The highest BCUT2D eigenvalue weighted by atomic mass is 16.7. The Balaban J connectivity index is 1.26. The van der Waals surface area contributed by atoms with Gasteiger partial charge in [0.15, 0.2) is 18.1 Å². The van der Waals surface area contributed by atoms with Crippen molar-refractivity contribution >= 4 is 17.6 Å². The lowest BCUT2D eigenvalue weighted by atomic mass is 9.98. The van der Waals surface area contributed by atoms with E-state index in [1.165, 1.54) is 0 Å². The van der Waals surface area contributed by atoms with Gasteiger partial charge in [-0.05, 0) is 36.5 Å². The molecular weight excluding hydrogens is 370 g/mol. The van der Waals surface area contributed by atoms with Gasteiger partial charge in [0, 0.05) is 24.6 Å². The molecule has 0 radical (unpaired) electrons. The molecule has 6 heteroatoms. The van der Waals surface area contributed by atoms with Gasteiger partial charge in [0.25, 0.3) is 11.7 Å². The SMILES string of the molecule is C[C@@H](CC(=O)OCC(=O)Nc1ccc2c(c1)OC1(CCCC1)O2)c1ccccc1. The third kappa shape index (κ3) is 4.53. The van der Waals surface area contributed by atoms with Gasteiger partial charge >= 0.3 is 5.97 Å². The van der Waals surface area contributed by atoms with E-state index in [2.05, 4.69) is 5.32 Å². The van der Waals surface area contributed by atoms with Crippen LogP contribution in [0.25, 0.3) is 0 Å². The molecule has 2 aliphatic rings. The molecule has 1 spiro atoms. The van der Waals surface area contributed by atoms with E-state index in [0.29, 0.717) is 17.2 Å². The normalized spacial score (nSPS) is 17.1. The zero-order chi connectivity index (χ0) is 20.3. The zero-order valence-electron chi connectivity index (χ0n) is 16.5. The minimum Gasteiger partial charge on any atom is -0.456 e. The third-order valence-electron chi connectivity index (χ3n) is 5.39. The van der Waals surface area contributed by atoms with Crippen LogP contribution in [-0.2, 0) is 14.3 Å². The van der Waals surface area contributed by atoms with Gasteiger partial charge in [0.05, 0.1) is 6.42 Å². The topological polar surface area (TPSA) is 73.9 Å². The molecule has 152 valence electrons. The van der Waals surface area contributed by atoms with E-state index in [0.717, 1.165) is 31.2 Å². The highest BCUT2D eigenvalue weighted by molar-refractivity contribution is 5.93. The average molecular weight is 395 g/mol. The molecule has 2 aromatic carbocycles. The number of fused-ring (bicyclic) bond motifs is 1. The Morgan fingerprint density at radius 3 is 2.55 bits per heavy atom. The highest BCUT2D eigenvalue weighted by Crippen LogP contribution is 2.47. The summed E-state index contributed by atoms with van der Waals surface area (Å²) < 4.78 is 17.1. The molecule has 1 fully saturated rings. The summed E-state index contributed by atoms with van der Waals surface area (Å²) in [6.07, 6.45) is 4.16. The Kier molecular flexibility index (Phi) is 5.43. The number of esters is 1. The molecule has 0 unspecified atom stereocenters. The van der Waals surface area contributed by atoms with E-state index in [9.17, 15) is 9.59 Å². The molecule has 1 atom stereocenters. The van der Waals surface area contributed by atoms with Crippen molar-refractivity contribution in [3.05, 3.63) is 54.1 Å². The van der Waals surface area contributed by atoms with Crippen LogP contribution in [0.1, 0.15) is 50.5 Å². The maximum atomic E-state index is 12.2. The molecule has 0 aromatic heterocycles. The van der Waals surface area contributed by atoms with Crippen molar-refractivity contribution in [2.45, 2.75) is 50.7 Å². The summed E-state index contributed by atoms with van der Waals surface area (Å²) in [6.45, 7) is 1.64. The number of anilines is 1. The first-order valence-electron chi connectivity index (χ1n) is 10.1. The highest BCUT2D eigenvalue weighted by Gasteiger charge is 2.44. The number of ether oxygens (including phenoxy) is 3. The van der Waals surface area contributed by atoms with Crippen molar-refractivity contribution in [3.63, 3.8) is 0 Å². The number of hydrogen-bond acceptors (Lipinski definition) is 5. The molecule has 1 aliphatic carbocycles. The molecule has 0 saturated heterocycles. The Hall–Kier alpha value is -3.02. The Morgan fingerprint density at radius 1 is 1.07 bits per heavy atom. The number of nitrogens with one attached hydrogen (secondary N) is 1. The van der Waals surface area contributed by atoms with Crippen LogP contribution in [0.2, 0.25) is 0 Å². The van der Waals surface area contributed by atoms with E-state index in [1.807, 2.05) is 37.3 Å². The second kappa shape index (κ2) is 8.15. The zero-order valence-corrected chi connectivity index (χ0v) is 16.5. The van der Waals surface area contributed by atoms with Crippen molar-refractivity contribution in [1.29, 1.82) is 0 Å². The van der Waals surface area contributed by atoms with Gasteiger partial charge in [-0.15, -0.1) is 0 Å². The summed E-state index contributed by atoms with van der Waals surface area (Å²) >= 11 is 0. The molecule has 1 heterocycles. The van der Waals surface area contributed by atoms with E-state index in [1.54, 1.807) is 18.2 Å². The number of rotatable bonds is 6. The summed E-state index contributed by atoms with van der Waals surface area (Å²) in [5.41, 5.74) is 1.65. The van der Waals surface area contributed by atoms with Crippen LogP contribution in [0.15, 0.2) is 48.5 Å². The molecule has 4 rings (SSSR count). The van der Waals surface area contributed by atoms with E-state index in [-0.39, 0.29) is 24.9 Å². The van der Waals surface area contributed by atoms with Crippen LogP contribution in [-0.4, -0.2) is 24.3 Å². The van der Waals surface area contributed by atoms with Crippen LogP contribution in [0, 0.1) is 0 Å². The first-order valence-corrected chi connectivity index (χ1v) is 10.1. The fraction of sp³-hybridized carbons (Fsp3) is 0.391. The summed E-state index contributed by atoms with van der Waals surface area (Å²) in [5.74, 6) is 0.0503.